The van der Waals surface area contributed by atoms with Crippen LogP contribution in [0.15, 0.2) is 54.4 Å². The van der Waals surface area contributed by atoms with Crippen LogP contribution in [0.4, 0.5) is 11.4 Å². The summed E-state index contributed by atoms with van der Waals surface area (Å²) in [7, 11) is 0. The van der Waals surface area contributed by atoms with Crippen molar-refractivity contribution in [2.75, 3.05) is 5.32 Å². The van der Waals surface area contributed by atoms with Crippen molar-refractivity contribution in [3.63, 3.8) is 0 Å². The molecule has 108 valence electrons. The number of nitrogens with zero attached hydrogens (tertiary/aromatic N) is 3. The molecule has 2 rings (SSSR count). The Morgan fingerprint density at radius 1 is 1.32 bits per heavy atom. The number of amides is 1. The second kappa shape index (κ2) is 6.76. The summed E-state index contributed by atoms with van der Waals surface area (Å²) in [5, 5.41) is 22.2. The summed E-state index contributed by atoms with van der Waals surface area (Å²) in [5.74, 6) is -0.639. The van der Waals surface area contributed by atoms with Gasteiger partial charge in [-0.1, -0.05) is 6.07 Å². The molecule has 1 N–H and O–H groups in total. The number of non-ortho nitro benzene ring substituents is 1. The molecule has 1 aromatic heterocycles. The number of aromatic nitrogens is 1. The lowest BCUT2D eigenvalue weighted by molar-refractivity contribution is -0.384. The van der Waals surface area contributed by atoms with E-state index in [1.165, 1.54) is 30.3 Å². The maximum absolute atomic E-state index is 12.0. The summed E-state index contributed by atoms with van der Waals surface area (Å²) in [4.78, 5) is 26.0. The highest BCUT2D eigenvalue weighted by atomic mass is 16.6. The van der Waals surface area contributed by atoms with Crippen LogP contribution in [0.1, 0.15) is 5.56 Å². The van der Waals surface area contributed by atoms with Gasteiger partial charge in [-0.2, -0.15) is 5.26 Å². The first-order valence-electron chi connectivity index (χ1n) is 6.18. The molecule has 0 saturated carbocycles. The van der Waals surface area contributed by atoms with Crippen LogP contribution >= 0.6 is 0 Å². The smallest absolute Gasteiger partial charge is 0.271 e. The maximum Gasteiger partial charge on any atom is 0.271 e. The van der Waals surface area contributed by atoms with E-state index in [-0.39, 0.29) is 16.9 Å². The molecule has 1 heterocycles. The Morgan fingerprint density at radius 3 is 2.68 bits per heavy atom. The molecule has 0 unspecified atom stereocenters. The fourth-order valence-corrected chi connectivity index (χ4v) is 1.67. The molecule has 7 nitrogen and oxygen atoms in total. The van der Waals surface area contributed by atoms with E-state index >= 15 is 0 Å². The van der Waals surface area contributed by atoms with Gasteiger partial charge in [0.15, 0.2) is 0 Å². The fraction of sp³-hybridized carbons (Fsp3) is 0. The van der Waals surface area contributed by atoms with Gasteiger partial charge in [0.1, 0.15) is 11.6 Å². The zero-order valence-corrected chi connectivity index (χ0v) is 11.3. The van der Waals surface area contributed by atoms with Crippen LogP contribution in [0.2, 0.25) is 0 Å². The van der Waals surface area contributed by atoms with Crippen LogP contribution in [-0.2, 0) is 4.79 Å². The Balaban J connectivity index is 2.20. The van der Waals surface area contributed by atoms with E-state index in [0.29, 0.717) is 5.56 Å². The summed E-state index contributed by atoms with van der Waals surface area (Å²) >= 11 is 0. The van der Waals surface area contributed by atoms with Crippen LogP contribution in [0.5, 0.6) is 0 Å². The molecule has 0 saturated heterocycles. The Kier molecular flexibility index (Phi) is 4.57. The minimum atomic E-state index is -0.639. The monoisotopic (exact) mass is 294 g/mol. The quantitative estimate of drug-likeness (QED) is 0.403. The molecule has 2 aromatic rings. The predicted molar refractivity (Wildman–Crippen MR) is 79.6 cm³/mol. The lowest BCUT2D eigenvalue weighted by Crippen LogP contribution is -2.13. The Morgan fingerprint density at radius 2 is 2.05 bits per heavy atom. The molecule has 0 aliphatic rings. The SMILES string of the molecule is N#CC(=Cc1ccncc1)C(=O)Nc1cccc([N+](=O)[O-])c1. The van der Waals surface area contributed by atoms with Crippen molar-refractivity contribution in [2.24, 2.45) is 0 Å². The summed E-state index contributed by atoms with van der Waals surface area (Å²) in [6, 6.07) is 10.6. The van der Waals surface area contributed by atoms with Gasteiger partial charge in [0, 0.05) is 30.2 Å². The van der Waals surface area contributed by atoms with E-state index < -0.39 is 10.8 Å². The van der Waals surface area contributed by atoms with Crippen LogP contribution < -0.4 is 5.32 Å². The van der Waals surface area contributed by atoms with Gasteiger partial charge in [-0.05, 0) is 29.8 Å². The molecule has 1 aromatic carbocycles. The lowest BCUT2D eigenvalue weighted by Gasteiger charge is -2.04. The number of benzene rings is 1. The number of carbonyl (C=O) groups excluding carboxylic acids is 1. The first-order chi connectivity index (χ1) is 10.6. The molecular formula is C15H10N4O3. The molecule has 22 heavy (non-hydrogen) atoms. The Bertz CT molecular complexity index is 779. The zero-order valence-electron chi connectivity index (χ0n) is 11.3. The third kappa shape index (κ3) is 3.74. The standard InChI is InChI=1S/C15H10N4O3/c16-10-12(8-11-4-6-17-7-5-11)15(20)18-13-2-1-3-14(9-13)19(21)22/h1-9H,(H,18,20). The average Bonchev–Trinajstić information content (AvgIpc) is 2.53. The number of hydrogen-bond donors (Lipinski definition) is 1. The number of rotatable bonds is 4. The van der Waals surface area contributed by atoms with Gasteiger partial charge in [0.2, 0.25) is 0 Å². The summed E-state index contributed by atoms with van der Waals surface area (Å²) in [5.41, 5.74) is 0.642. The minimum absolute atomic E-state index is 0.113. The number of carbonyl (C=O) groups is 1. The van der Waals surface area contributed by atoms with Crippen molar-refractivity contribution in [1.82, 2.24) is 4.98 Å². The predicted octanol–water partition coefficient (Wildman–Crippen LogP) is 2.54. The average molecular weight is 294 g/mol. The first kappa shape index (κ1) is 14.9. The Labute approximate surface area is 125 Å². The Hall–Kier alpha value is -3.53. The molecule has 0 aliphatic carbocycles. The second-order valence-corrected chi connectivity index (χ2v) is 4.21. The third-order valence-electron chi connectivity index (χ3n) is 2.70. The number of hydrogen-bond acceptors (Lipinski definition) is 5. The van der Waals surface area contributed by atoms with Gasteiger partial charge in [-0.15, -0.1) is 0 Å². The van der Waals surface area contributed by atoms with E-state index in [4.69, 9.17) is 5.26 Å². The normalized spacial score (nSPS) is 10.6. The van der Waals surface area contributed by atoms with E-state index in [0.717, 1.165) is 0 Å². The molecule has 7 heteroatoms. The number of nitro benzene ring substituents is 1. The summed E-state index contributed by atoms with van der Waals surface area (Å²) in [6.07, 6.45) is 4.49. The number of nitro groups is 1. The molecule has 0 spiro atoms. The van der Waals surface area contributed by atoms with Crippen molar-refractivity contribution in [3.8, 4) is 6.07 Å². The van der Waals surface area contributed by atoms with Crippen LogP contribution in [0, 0.1) is 21.4 Å². The molecule has 0 radical (unpaired) electrons. The molecule has 0 fully saturated rings. The molecule has 1 amide bonds. The third-order valence-corrected chi connectivity index (χ3v) is 2.70. The number of nitriles is 1. The highest BCUT2D eigenvalue weighted by molar-refractivity contribution is 6.09. The van der Waals surface area contributed by atoms with Crippen molar-refractivity contribution < 1.29 is 9.72 Å². The summed E-state index contributed by atoms with van der Waals surface area (Å²) < 4.78 is 0. The van der Waals surface area contributed by atoms with Crippen LogP contribution in [0.3, 0.4) is 0 Å². The van der Waals surface area contributed by atoms with Crippen molar-refractivity contribution in [2.45, 2.75) is 0 Å². The highest BCUT2D eigenvalue weighted by Gasteiger charge is 2.12. The largest absolute Gasteiger partial charge is 0.321 e. The number of anilines is 1. The lowest BCUT2D eigenvalue weighted by atomic mass is 10.1. The van der Waals surface area contributed by atoms with E-state index in [9.17, 15) is 14.9 Å². The zero-order chi connectivity index (χ0) is 15.9. The van der Waals surface area contributed by atoms with E-state index in [1.807, 2.05) is 0 Å². The summed E-state index contributed by atoms with van der Waals surface area (Å²) in [6.45, 7) is 0. The van der Waals surface area contributed by atoms with Gasteiger partial charge >= 0.3 is 0 Å². The number of pyridine rings is 1. The molecule has 0 bridgehead atoms. The van der Waals surface area contributed by atoms with Crippen molar-refractivity contribution >= 4 is 23.4 Å². The topological polar surface area (TPSA) is 109 Å². The second-order valence-electron chi connectivity index (χ2n) is 4.21. The molecule has 0 aliphatic heterocycles. The number of nitrogens with one attached hydrogen (secondary N) is 1. The van der Waals surface area contributed by atoms with Gasteiger partial charge in [-0.3, -0.25) is 19.9 Å². The van der Waals surface area contributed by atoms with Gasteiger partial charge < -0.3 is 5.32 Å². The van der Waals surface area contributed by atoms with E-state index in [1.54, 1.807) is 30.6 Å². The fourth-order valence-electron chi connectivity index (χ4n) is 1.67. The highest BCUT2D eigenvalue weighted by Crippen LogP contribution is 2.18. The maximum atomic E-state index is 12.0. The van der Waals surface area contributed by atoms with Crippen molar-refractivity contribution in [3.05, 3.63) is 70.0 Å². The van der Waals surface area contributed by atoms with Crippen LogP contribution in [-0.4, -0.2) is 15.8 Å². The van der Waals surface area contributed by atoms with Crippen molar-refractivity contribution in [1.29, 1.82) is 5.26 Å². The van der Waals surface area contributed by atoms with Gasteiger partial charge in [0.25, 0.3) is 11.6 Å². The molecular weight excluding hydrogens is 284 g/mol. The molecule has 0 atom stereocenters. The van der Waals surface area contributed by atoms with Crippen LogP contribution in [0.25, 0.3) is 6.08 Å². The van der Waals surface area contributed by atoms with Gasteiger partial charge in [-0.25, -0.2) is 0 Å². The first-order valence-corrected chi connectivity index (χ1v) is 6.18. The minimum Gasteiger partial charge on any atom is -0.321 e. The van der Waals surface area contributed by atoms with E-state index in [2.05, 4.69) is 10.3 Å². The van der Waals surface area contributed by atoms with Gasteiger partial charge in [0.05, 0.1) is 4.92 Å².